The molecule has 1 aromatic heterocycles. The van der Waals surface area contributed by atoms with Crippen molar-refractivity contribution in [2.24, 2.45) is 0 Å². The van der Waals surface area contributed by atoms with Gasteiger partial charge in [0.2, 0.25) is 0 Å². The van der Waals surface area contributed by atoms with Gasteiger partial charge in [-0.2, -0.15) is 0 Å². The molecule has 7 nitrogen and oxygen atoms in total. The first kappa shape index (κ1) is 19.9. The molecule has 0 aliphatic carbocycles. The monoisotopic (exact) mass is 421 g/mol. The molecule has 0 amide bonds. The van der Waals surface area contributed by atoms with E-state index in [-0.39, 0.29) is 15.5 Å². The van der Waals surface area contributed by atoms with E-state index < -0.39 is 25.7 Å². The molecule has 0 radical (unpaired) electrons. The SMILES string of the molecule is Cc1cc(S(=O)(=O)Nc2ccc(-c3ccc(S(C)(=O)=O)nn3)cc2)ccc1F. The van der Waals surface area contributed by atoms with Gasteiger partial charge in [0, 0.05) is 17.5 Å². The molecular weight excluding hydrogens is 405 g/mol. The summed E-state index contributed by atoms with van der Waals surface area (Å²) in [6.07, 6.45) is 1.04. The minimum Gasteiger partial charge on any atom is -0.280 e. The van der Waals surface area contributed by atoms with Crippen LogP contribution in [0.15, 0.2) is 64.5 Å². The molecule has 1 N–H and O–H groups in total. The second-order valence-electron chi connectivity index (χ2n) is 6.12. The molecule has 3 aromatic rings. The van der Waals surface area contributed by atoms with E-state index in [2.05, 4.69) is 14.9 Å². The van der Waals surface area contributed by atoms with Crippen LogP contribution >= 0.6 is 0 Å². The number of benzene rings is 2. The largest absolute Gasteiger partial charge is 0.280 e. The van der Waals surface area contributed by atoms with Gasteiger partial charge in [0.05, 0.1) is 10.6 Å². The zero-order valence-electron chi connectivity index (χ0n) is 14.9. The van der Waals surface area contributed by atoms with Gasteiger partial charge in [0.25, 0.3) is 10.0 Å². The summed E-state index contributed by atoms with van der Waals surface area (Å²) in [6.45, 7) is 1.49. The second-order valence-corrected chi connectivity index (χ2v) is 9.77. The maximum Gasteiger partial charge on any atom is 0.261 e. The molecule has 0 saturated carbocycles. The van der Waals surface area contributed by atoms with Crippen LogP contribution in [0.1, 0.15) is 5.56 Å². The minimum atomic E-state index is -3.86. The molecule has 0 saturated heterocycles. The van der Waals surface area contributed by atoms with Crippen molar-refractivity contribution in [3.8, 4) is 11.3 Å². The fourth-order valence-electron chi connectivity index (χ4n) is 2.38. The van der Waals surface area contributed by atoms with Crippen molar-refractivity contribution in [2.75, 3.05) is 11.0 Å². The number of aromatic nitrogens is 2. The van der Waals surface area contributed by atoms with E-state index in [9.17, 15) is 21.2 Å². The summed E-state index contributed by atoms with van der Waals surface area (Å²) in [5.41, 5.74) is 1.62. The van der Waals surface area contributed by atoms with Gasteiger partial charge >= 0.3 is 0 Å². The highest BCUT2D eigenvalue weighted by atomic mass is 32.2. The highest BCUT2D eigenvalue weighted by Crippen LogP contribution is 2.22. The van der Waals surface area contributed by atoms with Crippen LogP contribution in [0.3, 0.4) is 0 Å². The topological polar surface area (TPSA) is 106 Å². The van der Waals surface area contributed by atoms with Crippen molar-refractivity contribution in [2.45, 2.75) is 16.8 Å². The Kier molecular flexibility index (Phi) is 5.18. The summed E-state index contributed by atoms with van der Waals surface area (Å²) < 4.78 is 63.5. The first-order chi connectivity index (χ1) is 13.1. The Labute approximate surface area is 162 Å². The Balaban J connectivity index is 1.81. The molecule has 10 heteroatoms. The van der Waals surface area contributed by atoms with Gasteiger partial charge in [-0.15, -0.1) is 10.2 Å². The average Bonchev–Trinajstić information content (AvgIpc) is 2.63. The summed E-state index contributed by atoms with van der Waals surface area (Å²) in [4.78, 5) is -0.0438. The van der Waals surface area contributed by atoms with E-state index in [0.29, 0.717) is 16.9 Å². The number of aryl methyl sites for hydroxylation is 1. The van der Waals surface area contributed by atoms with E-state index in [1.54, 1.807) is 12.1 Å². The third-order valence-corrected chi connectivity index (χ3v) is 6.25. The lowest BCUT2D eigenvalue weighted by molar-refractivity contribution is 0.595. The Morgan fingerprint density at radius 2 is 1.57 bits per heavy atom. The molecule has 28 heavy (non-hydrogen) atoms. The first-order valence-corrected chi connectivity index (χ1v) is 11.4. The van der Waals surface area contributed by atoms with Gasteiger partial charge in [-0.1, -0.05) is 12.1 Å². The Hall–Kier alpha value is -2.85. The van der Waals surface area contributed by atoms with Crippen LogP contribution in [0.4, 0.5) is 10.1 Å². The summed E-state index contributed by atoms with van der Waals surface area (Å²) in [5, 5.41) is 7.44. The van der Waals surface area contributed by atoms with E-state index in [1.807, 2.05) is 0 Å². The third-order valence-electron chi connectivity index (χ3n) is 3.89. The van der Waals surface area contributed by atoms with Crippen molar-refractivity contribution in [1.82, 2.24) is 10.2 Å². The highest BCUT2D eigenvalue weighted by molar-refractivity contribution is 7.92. The number of halogens is 1. The average molecular weight is 421 g/mol. The molecule has 0 aliphatic heterocycles. The fraction of sp³-hybridized carbons (Fsp3) is 0.111. The van der Waals surface area contributed by atoms with Crippen LogP contribution in [-0.2, 0) is 19.9 Å². The molecule has 3 rings (SSSR count). The van der Waals surface area contributed by atoms with E-state index in [4.69, 9.17) is 0 Å². The molecule has 0 atom stereocenters. The first-order valence-electron chi connectivity index (χ1n) is 7.99. The lowest BCUT2D eigenvalue weighted by Gasteiger charge is -2.10. The van der Waals surface area contributed by atoms with Crippen LogP contribution in [0.5, 0.6) is 0 Å². The zero-order chi connectivity index (χ0) is 20.5. The third kappa shape index (κ3) is 4.34. The predicted octanol–water partition coefficient (Wildman–Crippen LogP) is 2.80. The number of hydrogen-bond donors (Lipinski definition) is 1. The molecule has 0 unspecified atom stereocenters. The fourth-order valence-corrected chi connectivity index (χ4v) is 4.03. The molecule has 146 valence electrons. The lowest BCUT2D eigenvalue weighted by atomic mass is 10.1. The summed E-state index contributed by atoms with van der Waals surface area (Å²) >= 11 is 0. The summed E-state index contributed by atoms with van der Waals surface area (Å²) in [5.74, 6) is -0.480. The lowest BCUT2D eigenvalue weighted by Crippen LogP contribution is -2.13. The zero-order valence-corrected chi connectivity index (χ0v) is 16.6. The van der Waals surface area contributed by atoms with E-state index >= 15 is 0 Å². The Morgan fingerprint density at radius 3 is 2.11 bits per heavy atom. The number of rotatable bonds is 5. The van der Waals surface area contributed by atoms with Crippen LogP contribution in [0.2, 0.25) is 0 Å². The predicted molar refractivity (Wildman–Crippen MR) is 103 cm³/mol. The van der Waals surface area contributed by atoms with Crippen LogP contribution < -0.4 is 4.72 Å². The molecule has 0 aliphatic rings. The molecule has 0 spiro atoms. The number of nitrogens with zero attached hydrogens (tertiary/aromatic N) is 2. The van der Waals surface area contributed by atoms with Gasteiger partial charge < -0.3 is 0 Å². The number of hydrogen-bond acceptors (Lipinski definition) is 6. The van der Waals surface area contributed by atoms with Crippen LogP contribution in [0, 0.1) is 12.7 Å². The molecular formula is C18H16FN3O4S2. The van der Waals surface area contributed by atoms with Gasteiger partial charge in [-0.25, -0.2) is 21.2 Å². The van der Waals surface area contributed by atoms with Crippen LogP contribution in [0.25, 0.3) is 11.3 Å². The van der Waals surface area contributed by atoms with E-state index in [1.165, 1.54) is 43.3 Å². The number of sulfonamides is 1. The molecule has 2 aromatic carbocycles. The maximum atomic E-state index is 13.3. The summed E-state index contributed by atoms with van der Waals surface area (Å²) in [6, 6.07) is 12.7. The van der Waals surface area contributed by atoms with E-state index in [0.717, 1.165) is 12.3 Å². The number of anilines is 1. The highest BCUT2D eigenvalue weighted by Gasteiger charge is 2.16. The normalized spacial score (nSPS) is 12.0. The summed E-state index contributed by atoms with van der Waals surface area (Å²) in [7, 11) is -7.30. The molecule has 1 heterocycles. The molecule has 0 fully saturated rings. The van der Waals surface area contributed by atoms with Crippen molar-refractivity contribution >= 4 is 25.5 Å². The van der Waals surface area contributed by atoms with Crippen LogP contribution in [-0.4, -0.2) is 33.3 Å². The minimum absolute atomic E-state index is 0.0438. The number of nitrogens with one attached hydrogen (secondary N) is 1. The molecule has 0 bridgehead atoms. The second kappa shape index (κ2) is 7.28. The van der Waals surface area contributed by atoms with Crippen molar-refractivity contribution in [3.05, 3.63) is 66.0 Å². The van der Waals surface area contributed by atoms with Gasteiger partial charge in [0.1, 0.15) is 5.82 Å². The maximum absolute atomic E-state index is 13.3. The van der Waals surface area contributed by atoms with Crippen molar-refractivity contribution in [1.29, 1.82) is 0 Å². The standard InChI is InChI=1S/C18H16FN3O4S2/c1-12-11-15(7-8-16(12)19)28(25,26)22-14-5-3-13(4-6-14)17-9-10-18(21-20-17)27(2,23)24/h3-11,22H,1-2H3. The van der Waals surface area contributed by atoms with Gasteiger partial charge in [-0.05, 0) is 55.0 Å². The quantitative estimate of drug-likeness (QED) is 0.679. The van der Waals surface area contributed by atoms with Crippen molar-refractivity contribution < 1.29 is 21.2 Å². The Morgan fingerprint density at radius 1 is 0.893 bits per heavy atom. The number of sulfone groups is 1. The van der Waals surface area contributed by atoms with Gasteiger partial charge in [-0.3, -0.25) is 4.72 Å². The van der Waals surface area contributed by atoms with Crippen molar-refractivity contribution in [3.63, 3.8) is 0 Å². The smallest absolute Gasteiger partial charge is 0.261 e. The Bertz CT molecular complexity index is 1220. The van der Waals surface area contributed by atoms with Gasteiger partial charge in [0.15, 0.2) is 14.9 Å².